The van der Waals surface area contributed by atoms with E-state index in [9.17, 15) is 13.6 Å². The molecule has 2 unspecified atom stereocenters. The summed E-state index contributed by atoms with van der Waals surface area (Å²) in [5, 5.41) is 11.8. The molecule has 2 atom stereocenters. The molecule has 2 N–H and O–H groups in total. The molecule has 20 heavy (non-hydrogen) atoms. The fourth-order valence-electron chi connectivity index (χ4n) is 2.34. The second-order valence-electron chi connectivity index (χ2n) is 4.81. The van der Waals surface area contributed by atoms with E-state index in [1.165, 1.54) is 6.07 Å². The predicted molar refractivity (Wildman–Crippen MR) is 68.3 cm³/mol. The lowest BCUT2D eigenvalue weighted by Gasteiger charge is -2.20. The lowest BCUT2D eigenvalue weighted by molar-refractivity contribution is -0.137. The molecular formula is C14H17F2NO3. The van der Waals surface area contributed by atoms with E-state index in [-0.39, 0.29) is 18.6 Å². The van der Waals surface area contributed by atoms with Crippen LogP contribution in [0.2, 0.25) is 0 Å². The van der Waals surface area contributed by atoms with E-state index >= 15 is 0 Å². The van der Waals surface area contributed by atoms with E-state index in [2.05, 4.69) is 5.32 Å². The number of hydrogen-bond acceptors (Lipinski definition) is 3. The Morgan fingerprint density at radius 3 is 2.90 bits per heavy atom. The van der Waals surface area contributed by atoms with Gasteiger partial charge in [0.15, 0.2) is 11.6 Å². The van der Waals surface area contributed by atoms with Crippen LogP contribution in [-0.2, 0) is 9.53 Å². The minimum atomic E-state index is -0.886. The molecule has 0 aliphatic carbocycles. The molecule has 1 saturated heterocycles. The van der Waals surface area contributed by atoms with Crippen LogP contribution in [0.25, 0.3) is 0 Å². The topological polar surface area (TPSA) is 58.6 Å². The van der Waals surface area contributed by atoms with Gasteiger partial charge in [-0.25, -0.2) is 8.78 Å². The number of carboxylic acids is 1. The van der Waals surface area contributed by atoms with E-state index in [0.29, 0.717) is 25.1 Å². The second-order valence-corrected chi connectivity index (χ2v) is 4.81. The van der Waals surface area contributed by atoms with Crippen LogP contribution < -0.4 is 5.32 Å². The van der Waals surface area contributed by atoms with Crippen LogP contribution in [0.1, 0.15) is 30.9 Å². The molecule has 0 spiro atoms. The van der Waals surface area contributed by atoms with Crippen LogP contribution >= 0.6 is 0 Å². The molecule has 1 aliphatic heterocycles. The van der Waals surface area contributed by atoms with Gasteiger partial charge in [-0.05, 0) is 37.1 Å². The van der Waals surface area contributed by atoms with Crippen LogP contribution in [0.3, 0.4) is 0 Å². The number of hydrogen-bond donors (Lipinski definition) is 2. The predicted octanol–water partition coefficient (Wildman–Crippen LogP) is 2.25. The van der Waals surface area contributed by atoms with Crippen molar-refractivity contribution in [3.63, 3.8) is 0 Å². The first kappa shape index (κ1) is 14.9. The van der Waals surface area contributed by atoms with E-state index in [1.807, 2.05) is 0 Å². The molecule has 1 aromatic rings. The standard InChI is InChI=1S/C14H17F2NO3/c15-10-4-3-9(8-11(10)16)14-12(5-7-20-14)17-6-1-2-13(18)19/h3-4,8,12,14,17H,1-2,5-7H2,(H,18,19). The molecule has 0 saturated carbocycles. The highest BCUT2D eigenvalue weighted by Crippen LogP contribution is 2.30. The van der Waals surface area contributed by atoms with Crippen molar-refractivity contribution in [1.82, 2.24) is 5.32 Å². The van der Waals surface area contributed by atoms with E-state index < -0.39 is 17.6 Å². The molecule has 0 aromatic heterocycles. The van der Waals surface area contributed by atoms with Crippen molar-refractivity contribution in [2.24, 2.45) is 0 Å². The van der Waals surface area contributed by atoms with Gasteiger partial charge in [0.2, 0.25) is 0 Å². The van der Waals surface area contributed by atoms with E-state index in [4.69, 9.17) is 9.84 Å². The Morgan fingerprint density at radius 2 is 2.20 bits per heavy atom. The Bertz CT molecular complexity index is 481. The highest BCUT2D eigenvalue weighted by Gasteiger charge is 2.29. The number of halogens is 2. The second kappa shape index (κ2) is 6.76. The summed E-state index contributed by atoms with van der Waals surface area (Å²) in [6.07, 6.45) is 1.07. The number of ether oxygens (including phenoxy) is 1. The monoisotopic (exact) mass is 285 g/mol. The Balaban J connectivity index is 1.92. The normalized spacial score (nSPS) is 22.1. The maximum absolute atomic E-state index is 13.2. The van der Waals surface area contributed by atoms with Gasteiger partial charge in [-0.2, -0.15) is 0 Å². The molecule has 1 aliphatic rings. The fraction of sp³-hybridized carbons (Fsp3) is 0.500. The largest absolute Gasteiger partial charge is 0.481 e. The number of nitrogens with one attached hydrogen (secondary N) is 1. The van der Waals surface area contributed by atoms with Crippen molar-refractivity contribution in [2.75, 3.05) is 13.2 Å². The van der Waals surface area contributed by atoms with Gasteiger partial charge in [-0.15, -0.1) is 0 Å². The third-order valence-corrected chi connectivity index (χ3v) is 3.34. The van der Waals surface area contributed by atoms with Crippen molar-refractivity contribution in [2.45, 2.75) is 31.4 Å². The maximum atomic E-state index is 13.2. The molecule has 4 nitrogen and oxygen atoms in total. The SMILES string of the molecule is O=C(O)CCCNC1CCOC1c1ccc(F)c(F)c1. The third-order valence-electron chi connectivity index (χ3n) is 3.34. The molecule has 0 radical (unpaired) electrons. The molecular weight excluding hydrogens is 268 g/mol. The van der Waals surface area contributed by atoms with Crippen LogP contribution in [-0.4, -0.2) is 30.3 Å². The summed E-state index contributed by atoms with van der Waals surface area (Å²) >= 11 is 0. The Labute approximate surface area is 115 Å². The lowest BCUT2D eigenvalue weighted by Crippen LogP contribution is -2.32. The number of benzene rings is 1. The van der Waals surface area contributed by atoms with Gasteiger partial charge in [0.1, 0.15) is 0 Å². The van der Waals surface area contributed by atoms with Crippen molar-refractivity contribution < 1.29 is 23.4 Å². The first-order chi connectivity index (χ1) is 9.58. The van der Waals surface area contributed by atoms with E-state index in [0.717, 1.165) is 18.6 Å². The van der Waals surface area contributed by atoms with Crippen molar-refractivity contribution in [1.29, 1.82) is 0 Å². The Kier molecular flexibility index (Phi) is 5.03. The minimum absolute atomic E-state index is 0.00587. The molecule has 0 amide bonds. The van der Waals surface area contributed by atoms with Gasteiger partial charge in [-0.3, -0.25) is 4.79 Å². The van der Waals surface area contributed by atoms with Gasteiger partial charge < -0.3 is 15.2 Å². The summed E-state index contributed by atoms with van der Waals surface area (Å²) in [7, 11) is 0. The zero-order valence-electron chi connectivity index (χ0n) is 10.9. The van der Waals surface area contributed by atoms with Gasteiger partial charge in [0.25, 0.3) is 0 Å². The van der Waals surface area contributed by atoms with Crippen LogP contribution in [0, 0.1) is 11.6 Å². The number of carbonyl (C=O) groups is 1. The van der Waals surface area contributed by atoms with Crippen LogP contribution in [0.4, 0.5) is 8.78 Å². The van der Waals surface area contributed by atoms with Crippen LogP contribution in [0.5, 0.6) is 0 Å². The smallest absolute Gasteiger partial charge is 0.303 e. The first-order valence-corrected chi connectivity index (χ1v) is 6.59. The van der Waals surface area contributed by atoms with Gasteiger partial charge in [-0.1, -0.05) is 6.07 Å². The van der Waals surface area contributed by atoms with Gasteiger partial charge in [0, 0.05) is 19.1 Å². The molecule has 2 rings (SSSR count). The quantitative estimate of drug-likeness (QED) is 0.787. The minimum Gasteiger partial charge on any atom is -0.481 e. The van der Waals surface area contributed by atoms with Crippen LogP contribution in [0.15, 0.2) is 18.2 Å². The highest BCUT2D eigenvalue weighted by molar-refractivity contribution is 5.66. The molecule has 1 aromatic carbocycles. The first-order valence-electron chi connectivity index (χ1n) is 6.59. The zero-order valence-corrected chi connectivity index (χ0v) is 10.9. The summed E-state index contributed by atoms with van der Waals surface area (Å²) in [5.74, 6) is -2.59. The summed E-state index contributed by atoms with van der Waals surface area (Å²) in [6, 6.07) is 3.75. The lowest BCUT2D eigenvalue weighted by atomic mass is 10.0. The molecule has 110 valence electrons. The van der Waals surface area contributed by atoms with Crippen molar-refractivity contribution >= 4 is 5.97 Å². The molecule has 1 heterocycles. The summed E-state index contributed by atoms with van der Waals surface area (Å²) in [5.41, 5.74) is 0.595. The number of aliphatic carboxylic acids is 1. The van der Waals surface area contributed by atoms with E-state index in [1.54, 1.807) is 0 Å². The third kappa shape index (κ3) is 3.74. The summed E-state index contributed by atoms with van der Waals surface area (Å²) < 4.78 is 31.7. The van der Waals surface area contributed by atoms with Crippen molar-refractivity contribution in [3.8, 4) is 0 Å². The summed E-state index contributed by atoms with van der Waals surface area (Å²) in [4.78, 5) is 10.4. The van der Waals surface area contributed by atoms with Gasteiger partial charge >= 0.3 is 5.97 Å². The van der Waals surface area contributed by atoms with Gasteiger partial charge in [0.05, 0.1) is 6.10 Å². The fourth-order valence-corrected chi connectivity index (χ4v) is 2.34. The Hall–Kier alpha value is -1.53. The Morgan fingerprint density at radius 1 is 1.40 bits per heavy atom. The molecule has 1 fully saturated rings. The number of rotatable bonds is 6. The average Bonchev–Trinajstić information content (AvgIpc) is 2.86. The highest BCUT2D eigenvalue weighted by atomic mass is 19.2. The number of carboxylic acid groups (broad SMARTS) is 1. The zero-order chi connectivity index (χ0) is 14.5. The average molecular weight is 285 g/mol. The summed E-state index contributed by atoms with van der Waals surface area (Å²) in [6.45, 7) is 1.10. The molecule has 6 heteroatoms. The molecule has 0 bridgehead atoms. The van der Waals surface area contributed by atoms with Crippen molar-refractivity contribution in [3.05, 3.63) is 35.4 Å². The maximum Gasteiger partial charge on any atom is 0.303 e.